The van der Waals surface area contributed by atoms with E-state index in [-0.39, 0.29) is 0 Å². The third-order valence-electron chi connectivity index (χ3n) is 2.66. The summed E-state index contributed by atoms with van der Waals surface area (Å²) in [6.45, 7) is 4.52. The monoisotopic (exact) mass is 179 g/mol. The smallest absolute Gasteiger partial charge is 0.101 e. The SMILES string of the molecule is CN1C=CC=CC1N1CCNCC1. The lowest BCUT2D eigenvalue weighted by atomic mass is 10.2. The Kier molecular flexibility index (Phi) is 2.66. The molecule has 3 nitrogen and oxygen atoms in total. The van der Waals surface area contributed by atoms with Crippen LogP contribution in [0, 0.1) is 0 Å². The summed E-state index contributed by atoms with van der Waals surface area (Å²) < 4.78 is 0. The number of piperazine rings is 1. The van der Waals surface area contributed by atoms with Crippen LogP contribution in [-0.2, 0) is 0 Å². The van der Waals surface area contributed by atoms with Crippen LogP contribution in [0.25, 0.3) is 0 Å². The van der Waals surface area contributed by atoms with E-state index in [0.29, 0.717) is 6.17 Å². The van der Waals surface area contributed by atoms with Crippen molar-refractivity contribution in [1.29, 1.82) is 0 Å². The number of nitrogens with one attached hydrogen (secondary N) is 1. The molecule has 0 aromatic heterocycles. The Bertz CT molecular complexity index is 216. The Labute approximate surface area is 79.7 Å². The highest BCUT2D eigenvalue weighted by molar-refractivity contribution is 5.12. The third kappa shape index (κ3) is 1.92. The molecule has 1 unspecified atom stereocenters. The maximum Gasteiger partial charge on any atom is 0.101 e. The first kappa shape index (κ1) is 8.78. The Morgan fingerprint density at radius 1 is 1.23 bits per heavy atom. The summed E-state index contributed by atoms with van der Waals surface area (Å²) in [7, 11) is 2.13. The molecule has 0 saturated carbocycles. The van der Waals surface area contributed by atoms with E-state index in [2.05, 4.69) is 46.6 Å². The second-order valence-electron chi connectivity index (χ2n) is 3.59. The van der Waals surface area contributed by atoms with Gasteiger partial charge >= 0.3 is 0 Å². The lowest BCUT2D eigenvalue weighted by molar-refractivity contribution is 0.114. The van der Waals surface area contributed by atoms with E-state index in [4.69, 9.17) is 0 Å². The predicted octanol–water partition coefficient (Wildman–Crippen LogP) is 0.233. The van der Waals surface area contributed by atoms with Crippen molar-refractivity contribution in [3.8, 4) is 0 Å². The topological polar surface area (TPSA) is 18.5 Å². The Hall–Kier alpha value is -0.800. The molecular weight excluding hydrogens is 162 g/mol. The molecule has 0 aromatic carbocycles. The number of hydrogen-bond donors (Lipinski definition) is 1. The molecule has 2 aliphatic heterocycles. The number of rotatable bonds is 1. The summed E-state index contributed by atoms with van der Waals surface area (Å²) in [4.78, 5) is 4.75. The van der Waals surface area contributed by atoms with Crippen LogP contribution >= 0.6 is 0 Å². The molecule has 0 amide bonds. The average Bonchev–Trinajstić information content (AvgIpc) is 2.20. The Balaban J connectivity index is 1.98. The van der Waals surface area contributed by atoms with E-state index in [1.165, 1.54) is 0 Å². The quantitative estimate of drug-likeness (QED) is 0.622. The fourth-order valence-corrected chi connectivity index (χ4v) is 1.90. The molecule has 13 heavy (non-hydrogen) atoms. The lowest BCUT2D eigenvalue weighted by Gasteiger charge is -2.38. The van der Waals surface area contributed by atoms with Crippen LogP contribution < -0.4 is 5.32 Å². The number of allylic oxidation sites excluding steroid dienone is 2. The van der Waals surface area contributed by atoms with E-state index in [1.54, 1.807) is 0 Å². The zero-order valence-corrected chi connectivity index (χ0v) is 8.11. The van der Waals surface area contributed by atoms with Gasteiger partial charge in [-0.05, 0) is 12.2 Å². The van der Waals surface area contributed by atoms with Gasteiger partial charge in [0.15, 0.2) is 0 Å². The molecule has 1 fully saturated rings. The number of hydrogen-bond acceptors (Lipinski definition) is 3. The molecule has 72 valence electrons. The summed E-state index contributed by atoms with van der Waals surface area (Å²) in [6, 6.07) is 0. The van der Waals surface area contributed by atoms with E-state index in [1.807, 2.05) is 0 Å². The predicted molar refractivity (Wildman–Crippen MR) is 54.3 cm³/mol. The minimum Gasteiger partial charge on any atom is -0.362 e. The molecule has 1 atom stereocenters. The number of nitrogens with zero attached hydrogens (tertiary/aromatic N) is 2. The Morgan fingerprint density at radius 3 is 2.69 bits per heavy atom. The summed E-state index contributed by atoms with van der Waals surface area (Å²) in [5, 5.41) is 3.37. The van der Waals surface area contributed by atoms with Crippen LogP contribution in [0.1, 0.15) is 0 Å². The highest BCUT2D eigenvalue weighted by atomic mass is 15.3. The largest absolute Gasteiger partial charge is 0.362 e. The maximum absolute atomic E-state index is 3.37. The zero-order valence-electron chi connectivity index (χ0n) is 8.11. The van der Waals surface area contributed by atoms with Gasteiger partial charge in [-0.1, -0.05) is 6.08 Å². The van der Waals surface area contributed by atoms with Gasteiger partial charge in [0.1, 0.15) is 6.17 Å². The van der Waals surface area contributed by atoms with Crippen LogP contribution in [0.4, 0.5) is 0 Å². The molecule has 2 heterocycles. The van der Waals surface area contributed by atoms with Crippen molar-refractivity contribution >= 4 is 0 Å². The molecule has 0 radical (unpaired) electrons. The molecule has 0 bridgehead atoms. The van der Waals surface area contributed by atoms with Gasteiger partial charge in [-0.15, -0.1) is 0 Å². The molecule has 1 N–H and O–H groups in total. The van der Waals surface area contributed by atoms with Gasteiger partial charge < -0.3 is 10.2 Å². The molecule has 3 heteroatoms. The first-order chi connectivity index (χ1) is 6.38. The Morgan fingerprint density at radius 2 is 2.00 bits per heavy atom. The standard InChI is InChI=1S/C10H17N3/c1-12-7-3-2-4-10(12)13-8-5-11-6-9-13/h2-4,7,10-11H,5-6,8-9H2,1H3. The lowest BCUT2D eigenvalue weighted by Crippen LogP contribution is -2.52. The van der Waals surface area contributed by atoms with Crippen LogP contribution in [0.15, 0.2) is 24.4 Å². The highest BCUT2D eigenvalue weighted by Gasteiger charge is 2.20. The highest BCUT2D eigenvalue weighted by Crippen LogP contribution is 2.11. The summed E-state index contributed by atoms with van der Waals surface area (Å²) >= 11 is 0. The first-order valence-electron chi connectivity index (χ1n) is 4.89. The van der Waals surface area contributed by atoms with Crippen LogP contribution in [0.5, 0.6) is 0 Å². The van der Waals surface area contributed by atoms with E-state index < -0.39 is 0 Å². The third-order valence-corrected chi connectivity index (χ3v) is 2.66. The van der Waals surface area contributed by atoms with Crippen molar-refractivity contribution < 1.29 is 0 Å². The van der Waals surface area contributed by atoms with Gasteiger partial charge in [-0.2, -0.15) is 0 Å². The molecule has 1 saturated heterocycles. The van der Waals surface area contributed by atoms with Gasteiger partial charge in [0.25, 0.3) is 0 Å². The maximum atomic E-state index is 3.37. The summed E-state index contributed by atoms with van der Waals surface area (Å²) in [5.74, 6) is 0. The fraction of sp³-hybridized carbons (Fsp3) is 0.600. The van der Waals surface area contributed by atoms with Crippen molar-refractivity contribution in [2.45, 2.75) is 6.17 Å². The van der Waals surface area contributed by atoms with Crippen molar-refractivity contribution in [3.63, 3.8) is 0 Å². The van der Waals surface area contributed by atoms with Crippen molar-refractivity contribution in [3.05, 3.63) is 24.4 Å². The van der Waals surface area contributed by atoms with Crippen LogP contribution in [-0.4, -0.2) is 49.2 Å². The van der Waals surface area contributed by atoms with Gasteiger partial charge in [0.2, 0.25) is 0 Å². The van der Waals surface area contributed by atoms with Gasteiger partial charge in [0, 0.05) is 39.4 Å². The summed E-state index contributed by atoms with van der Waals surface area (Å²) in [5.41, 5.74) is 0. The van der Waals surface area contributed by atoms with E-state index in [0.717, 1.165) is 26.2 Å². The molecule has 2 rings (SSSR count). The fourth-order valence-electron chi connectivity index (χ4n) is 1.90. The molecule has 0 aromatic rings. The van der Waals surface area contributed by atoms with E-state index in [9.17, 15) is 0 Å². The van der Waals surface area contributed by atoms with E-state index >= 15 is 0 Å². The molecular formula is C10H17N3. The summed E-state index contributed by atoms with van der Waals surface area (Å²) in [6.07, 6.45) is 9.07. The number of likely N-dealkylation sites (N-methyl/N-ethyl adjacent to an activating group) is 1. The van der Waals surface area contributed by atoms with Gasteiger partial charge in [-0.3, -0.25) is 4.90 Å². The second kappa shape index (κ2) is 3.94. The molecule has 2 aliphatic rings. The molecule has 0 spiro atoms. The van der Waals surface area contributed by atoms with Crippen molar-refractivity contribution in [1.82, 2.24) is 15.1 Å². The normalized spacial score (nSPS) is 29.6. The van der Waals surface area contributed by atoms with Gasteiger partial charge in [-0.25, -0.2) is 0 Å². The minimum atomic E-state index is 0.465. The van der Waals surface area contributed by atoms with Gasteiger partial charge in [0.05, 0.1) is 0 Å². The van der Waals surface area contributed by atoms with Crippen molar-refractivity contribution in [2.75, 3.05) is 33.2 Å². The second-order valence-corrected chi connectivity index (χ2v) is 3.59. The minimum absolute atomic E-state index is 0.465. The first-order valence-corrected chi connectivity index (χ1v) is 4.89. The van der Waals surface area contributed by atoms with Crippen LogP contribution in [0.3, 0.4) is 0 Å². The average molecular weight is 179 g/mol. The van der Waals surface area contributed by atoms with Crippen molar-refractivity contribution in [2.24, 2.45) is 0 Å². The zero-order chi connectivity index (χ0) is 9.10. The van der Waals surface area contributed by atoms with Crippen LogP contribution in [0.2, 0.25) is 0 Å². The molecule has 0 aliphatic carbocycles.